The number of hydrogen-bond donors (Lipinski definition) is 0. The zero-order chi connectivity index (χ0) is 12.7. The summed E-state index contributed by atoms with van der Waals surface area (Å²) in [5.74, 6) is 0.976. The van der Waals surface area contributed by atoms with E-state index in [-0.39, 0.29) is 4.65 Å². The number of nitrogens with zero attached hydrogens (tertiary/aromatic N) is 1. The van der Waals surface area contributed by atoms with E-state index in [2.05, 4.69) is 0 Å². The van der Waals surface area contributed by atoms with Crippen molar-refractivity contribution in [3.63, 3.8) is 0 Å². The predicted octanol–water partition coefficient (Wildman–Crippen LogP) is 4.63. The van der Waals surface area contributed by atoms with Gasteiger partial charge in [0, 0.05) is 12.8 Å². The quantitative estimate of drug-likeness (QED) is 0.398. The molecule has 18 heavy (non-hydrogen) atoms. The van der Waals surface area contributed by atoms with Crippen molar-refractivity contribution in [2.75, 3.05) is 19.6 Å². The lowest BCUT2D eigenvalue weighted by atomic mass is 9.87. The van der Waals surface area contributed by atoms with E-state index in [9.17, 15) is 5.21 Å². The van der Waals surface area contributed by atoms with Gasteiger partial charge in [-0.1, -0.05) is 51.4 Å². The minimum Gasteiger partial charge on any atom is -0.633 e. The fourth-order valence-corrected chi connectivity index (χ4v) is 3.80. The fourth-order valence-electron chi connectivity index (χ4n) is 3.80. The zero-order valence-corrected chi connectivity index (χ0v) is 12.0. The second-order valence-electron chi connectivity index (χ2n) is 6.64. The molecule has 0 atom stereocenters. The van der Waals surface area contributed by atoms with Gasteiger partial charge >= 0.3 is 0 Å². The lowest BCUT2D eigenvalue weighted by molar-refractivity contribution is -0.868. The monoisotopic (exact) mass is 253 g/mol. The molecule has 0 N–H and O–H groups in total. The molecule has 2 nitrogen and oxygen atoms in total. The Hall–Kier alpha value is -0.0800. The van der Waals surface area contributed by atoms with E-state index in [4.69, 9.17) is 0 Å². The van der Waals surface area contributed by atoms with Crippen LogP contribution in [0.15, 0.2) is 0 Å². The molecule has 0 spiro atoms. The molecule has 1 saturated heterocycles. The number of unbranched alkanes of at least 4 members (excludes halogenated alkanes) is 1. The molecular formula is C16H31NO. The van der Waals surface area contributed by atoms with Gasteiger partial charge in [-0.15, -0.1) is 0 Å². The molecule has 0 bridgehead atoms. The number of hydrogen-bond acceptors (Lipinski definition) is 1. The molecule has 0 aromatic heterocycles. The lowest BCUT2D eigenvalue weighted by Crippen LogP contribution is -2.39. The van der Waals surface area contributed by atoms with E-state index >= 15 is 0 Å². The van der Waals surface area contributed by atoms with Crippen LogP contribution in [-0.2, 0) is 0 Å². The van der Waals surface area contributed by atoms with Crippen LogP contribution < -0.4 is 0 Å². The lowest BCUT2D eigenvalue weighted by Gasteiger charge is -2.38. The van der Waals surface area contributed by atoms with Crippen molar-refractivity contribution in [2.45, 2.75) is 77.0 Å². The molecule has 0 aromatic rings. The molecule has 0 radical (unpaired) electrons. The van der Waals surface area contributed by atoms with Crippen LogP contribution in [0.2, 0.25) is 0 Å². The van der Waals surface area contributed by atoms with Crippen LogP contribution in [0.1, 0.15) is 77.0 Å². The molecule has 1 aliphatic carbocycles. The minimum absolute atomic E-state index is 0.130. The molecule has 2 heteroatoms. The zero-order valence-electron chi connectivity index (χ0n) is 12.0. The van der Waals surface area contributed by atoms with Gasteiger partial charge in [-0.3, -0.25) is 0 Å². The number of rotatable bonds is 5. The third kappa shape index (κ3) is 4.89. The summed E-state index contributed by atoms with van der Waals surface area (Å²) in [6, 6.07) is 0. The number of quaternary nitrogens is 1. The van der Waals surface area contributed by atoms with Crippen LogP contribution in [0, 0.1) is 11.1 Å². The Morgan fingerprint density at radius 1 is 0.778 bits per heavy atom. The molecule has 1 saturated carbocycles. The maximum absolute atomic E-state index is 12.2. The van der Waals surface area contributed by atoms with Crippen molar-refractivity contribution >= 4 is 0 Å². The summed E-state index contributed by atoms with van der Waals surface area (Å²) in [4.78, 5) is 0. The maximum Gasteiger partial charge on any atom is 0.0786 e. The molecule has 0 aromatic carbocycles. The normalized spacial score (nSPS) is 25.8. The summed E-state index contributed by atoms with van der Waals surface area (Å²) in [6.07, 6.45) is 16.4. The summed E-state index contributed by atoms with van der Waals surface area (Å²) in [5.41, 5.74) is 0. The molecule has 0 amide bonds. The van der Waals surface area contributed by atoms with E-state index in [1.165, 1.54) is 64.2 Å². The van der Waals surface area contributed by atoms with Crippen molar-refractivity contribution in [1.82, 2.24) is 0 Å². The molecule has 2 aliphatic rings. The van der Waals surface area contributed by atoms with Crippen molar-refractivity contribution < 1.29 is 4.65 Å². The van der Waals surface area contributed by atoms with Crippen LogP contribution in [0.5, 0.6) is 0 Å². The summed E-state index contributed by atoms with van der Waals surface area (Å²) >= 11 is 0. The first-order valence-corrected chi connectivity index (χ1v) is 8.36. The summed E-state index contributed by atoms with van der Waals surface area (Å²) < 4.78 is 0.130. The predicted molar refractivity (Wildman–Crippen MR) is 77.1 cm³/mol. The summed E-state index contributed by atoms with van der Waals surface area (Å²) in [7, 11) is 0. The Kier molecular flexibility index (Phi) is 5.97. The second kappa shape index (κ2) is 7.49. The average Bonchev–Trinajstić information content (AvgIpc) is 2.74. The third-order valence-corrected chi connectivity index (χ3v) is 5.03. The topological polar surface area (TPSA) is 23.1 Å². The van der Waals surface area contributed by atoms with E-state index in [1.807, 2.05) is 0 Å². The highest BCUT2D eigenvalue weighted by atomic mass is 16.5. The van der Waals surface area contributed by atoms with Crippen molar-refractivity contribution in [1.29, 1.82) is 0 Å². The Morgan fingerprint density at radius 2 is 1.39 bits per heavy atom. The molecular weight excluding hydrogens is 222 g/mol. The average molecular weight is 253 g/mol. The summed E-state index contributed by atoms with van der Waals surface area (Å²) in [6.45, 7) is 2.68. The van der Waals surface area contributed by atoms with Crippen LogP contribution in [0.3, 0.4) is 0 Å². The van der Waals surface area contributed by atoms with E-state index < -0.39 is 0 Å². The minimum atomic E-state index is 0.130. The smallest absolute Gasteiger partial charge is 0.0786 e. The molecule has 1 heterocycles. The first-order chi connectivity index (χ1) is 8.79. The van der Waals surface area contributed by atoms with Crippen LogP contribution in [0.4, 0.5) is 0 Å². The highest BCUT2D eigenvalue weighted by Gasteiger charge is 2.22. The highest BCUT2D eigenvalue weighted by Crippen LogP contribution is 2.27. The van der Waals surface area contributed by atoms with Gasteiger partial charge < -0.3 is 9.85 Å². The van der Waals surface area contributed by atoms with Gasteiger partial charge in [0.1, 0.15) is 0 Å². The number of hydroxylamine groups is 3. The van der Waals surface area contributed by atoms with Crippen LogP contribution in [0.25, 0.3) is 0 Å². The van der Waals surface area contributed by atoms with Crippen molar-refractivity contribution in [3.05, 3.63) is 5.21 Å². The van der Waals surface area contributed by atoms with E-state index in [0.29, 0.717) is 0 Å². The molecule has 2 rings (SSSR count). The summed E-state index contributed by atoms with van der Waals surface area (Å²) in [5, 5.41) is 12.2. The van der Waals surface area contributed by atoms with E-state index in [0.717, 1.165) is 38.4 Å². The van der Waals surface area contributed by atoms with Crippen molar-refractivity contribution in [3.8, 4) is 0 Å². The molecule has 106 valence electrons. The fraction of sp³-hybridized carbons (Fsp3) is 1.00. The van der Waals surface area contributed by atoms with Crippen LogP contribution in [-0.4, -0.2) is 24.3 Å². The standard InChI is InChI=1S/C16H31NO/c18-17(14-8-9-15-17)13-7-6-12-16-10-4-2-1-3-5-11-16/h16H,1-15H2. The van der Waals surface area contributed by atoms with Gasteiger partial charge in [0.2, 0.25) is 0 Å². The number of likely N-dealkylation sites (tertiary alicyclic amines) is 1. The SMILES string of the molecule is [O-][N+]1(CCCCC2CCCCCCC2)CCCC1. The van der Waals surface area contributed by atoms with Gasteiger partial charge in [0.05, 0.1) is 19.6 Å². The Balaban J connectivity index is 1.56. The van der Waals surface area contributed by atoms with Gasteiger partial charge in [-0.05, 0) is 18.8 Å². The van der Waals surface area contributed by atoms with Gasteiger partial charge in [-0.2, -0.15) is 0 Å². The third-order valence-electron chi connectivity index (χ3n) is 5.03. The van der Waals surface area contributed by atoms with Crippen molar-refractivity contribution in [2.24, 2.45) is 5.92 Å². The van der Waals surface area contributed by atoms with E-state index in [1.54, 1.807) is 0 Å². The van der Waals surface area contributed by atoms with Crippen LogP contribution >= 0.6 is 0 Å². The Morgan fingerprint density at radius 3 is 2.06 bits per heavy atom. The largest absolute Gasteiger partial charge is 0.633 e. The van der Waals surface area contributed by atoms with Gasteiger partial charge in [0.15, 0.2) is 0 Å². The van der Waals surface area contributed by atoms with Gasteiger partial charge in [0.25, 0.3) is 0 Å². The Bertz CT molecular complexity index is 215. The maximum atomic E-state index is 12.2. The molecule has 1 aliphatic heterocycles. The first-order valence-electron chi connectivity index (χ1n) is 8.36. The Labute approximate surface area is 113 Å². The molecule has 2 fully saturated rings. The second-order valence-corrected chi connectivity index (χ2v) is 6.64. The first kappa shape index (κ1) is 14.3. The highest BCUT2D eigenvalue weighted by molar-refractivity contribution is 4.64. The molecule has 0 unspecified atom stereocenters. The van der Waals surface area contributed by atoms with Gasteiger partial charge in [-0.25, -0.2) is 0 Å².